The van der Waals surface area contributed by atoms with Crippen molar-refractivity contribution >= 4 is 29.3 Å². The van der Waals surface area contributed by atoms with Crippen LogP contribution in [0.3, 0.4) is 0 Å². The largest absolute Gasteiger partial charge is 0.481 e. The van der Waals surface area contributed by atoms with E-state index in [1.54, 1.807) is 35.0 Å². The summed E-state index contributed by atoms with van der Waals surface area (Å²) in [5.41, 5.74) is 2.24. The summed E-state index contributed by atoms with van der Waals surface area (Å²) in [6.45, 7) is 4.00. The number of aromatic nitrogens is 1. The van der Waals surface area contributed by atoms with Crippen molar-refractivity contribution < 1.29 is 14.3 Å². The van der Waals surface area contributed by atoms with Crippen molar-refractivity contribution in [1.82, 2.24) is 9.88 Å². The number of rotatable bonds is 3. The molecule has 7 heteroatoms. The normalized spacial score (nSPS) is 22.7. The molecule has 2 aliphatic rings. The van der Waals surface area contributed by atoms with Crippen LogP contribution >= 0.6 is 11.8 Å². The first-order valence-electron chi connectivity index (χ1n) is 8.32. The molecule has 1 aromatic carbocycles. The van der Waals surface area contributed by atoms with Gasteiger partial charge >= 0.3 is 0 Å². The van der Waals surface area contributed by atoms with E-state index < -0.39 is 10.8 Å². The lowest BCUT2D eigenvalue weighted by atomic mass is 10.0. The standard InChI is InChI=1S/C19H19N3O3S/c1-19(2)15(16(23)21-11-8-9-14(25-3)20-10-11)22-17(24)12-6-4-5-7-13(12)18(22)26-19/h4-10,15,18H,1-3H3,(H,21,23)/t15-,18-/m1/s1. The third kappa shape index (κ3) is 2.54. The molecule has 0 spiro atoms. The molecule has 2 aromatic rings. The van der Waals surface area contributed by atoms with Crippen molar-refractivity contribution in [2.75, 3.05) is 12.4 Å². The molecule has 1 fully saturated rings. The van der Waals surface area contributed by atoms with Gasteiger partial charge in [-0.1, -0.05) is 18.2 Å². The maximum absolute atomic E-state index is 13.0. The van der Waals surface area contributed by atoms with E-state index in [1.165, 1.54) is 7.11 Å². The maximum atomic E-state index is 13.0. The van der Waals surface area contributed by atoms with Gasteiger partial charge < -0.3 is 15.0 Å². The van der Waals surface area contributed by atoms with Crippen molar-refractivity contribution in [2.24, 2.45) is 0 Å². The fourth-order valence-electron chi connectivity index (χ4n) is 3.59. The number of fused-ring (bicyclic) bond motifs is 3. The van der Waals surface area contributed by atoms with Crippen LogP contribution in [-0.2, 0) is 4.79 Å². The van der Waals surface area contributed by atoms with E-state index >= 15 is 0 Å². The number of anilines is 1. The fraction of sp³-hybridized carbons (Fsp3) is 0.316. The Bertz CT molecular complexity index is 882. The topological polar surface area (TPSA) is 71.5 Å². The molecule has 0 aliphatic carbocycles. The van der Waals surface area contributed by atoms with Crippen LogP contribution in [0.2, 0.25) is 0 Å². The average Bonchev–Trinajstić information content (AvgIpc) is 3.06. The van der Waals surface area contributed by atoms with Crippen molar-refractivity contribution in [1.29, 1.82) is 0 Å². The zero-order valence-electron chi connectivity index (χ0n) is 14.7. The van der Waals surface area contributed by atoms with E-state index in [0.29, 0.717) is 17.1 Å². The van der Waals surface area contributed by atoms with E-state index in [1.807, 2.05) is 38.1 Å². The minimum atomic E-state index is -0.570. The van der Waals surface area contributed by atoms with Crippen molar-refractivity contribution in [2.45, 2.75) is 30.0 Å². The van der Waals surface area contributed by atoms with Gasteiger partial charge in [-0.15, -0.1) is 11.8 Å². The van der Waals surface area contributed by atoms with Crippen LogP contribution < -0.4 is 10.1 Å². The molecule has 26 heavy (non-hydrogen) atoms. The van der Waals surface area contributed by atoms with Crippen LogP contribution in [-0.4, -0.2) is 39.6 Å². The monoisotopic (exact) mass is 369 g/mol. The molecule has 1 N–H and O–H groups in total. The summed E-state index contributed by atoms with van der Waals surface area (Å²) in [4.78, 5) is 31.8. The summed E-state index contributed by atoms with van der Waals surface area (Å²) in [7, 11) is 1.54. The zero-order chi connectivity index (χ0) is 18.5. The number of nitrogens with one attached hydrogen (secondary N) is 1. The molecule has 0 radical (unpaired) electrons. The first-order valence-corrected chi connectivity index (χ1v) is 9.20. The summed E-state index contributed by atoms with van der Waals surface area (Å²) in [5.74, 6) is 0.180. The number of ether oxygens (including phenoxy) is 1. The predicted molar refractivity (Wildman–Crippen MR) is 100 cm³/mol. The second-order valence-corrected chi connectivity index (χ2v) is 8.59. The zero-order valence-corrected chi connectivity index (χ0v) is 15.5. The lowest BCUT2D eigenvalue weighted by molar-refractivity contribution is -0.121. The van der Waals surface area contributed by atoms with Gasteiger partial charge in [0.2, 0.25) is 11.8 Å². The smallest absolute Gasteiger partial charge is 0.256 e. The molecule has 4 rings (SSSR count). The number of hydrogen-bond donors (Lipinski definition) is 1. The van der Waals surface area contributed by atoms with Crippen LogP contribution in [0.4, 0.5) is 5.69 Å². The van der Waals surface area contributed by atoms with Crippen LogP contribution in [0, 0.1) is 0 Å². The van der Waals surface area contributed by atoms with Crippen LogP contribution in [0.15, 0.2) is 42.6 Å². The van der Waals surface area contributed by atoms with E-state index in [9.17, 15) is 9.59 Å². The van der Waals surface area contributed by atoms with Gasteiger partial charge in [-0.3, -0.25) is 9.59 Å². The highest BCUT2D eigenvalue weighted by Crippen LogP contribution is 2.56. The van der Waals surface area contributed by atoms with Crippen molar-refractivity contribution in [3.8, 4) is 5.88 Å². The summed E-state index contributed by atoms with van der Waals surface area (Å²) in [5, 5.41) is 2.76. The van der Waals surface area contributed by atoms with Gasteiger partial charge in [0.05, 0.1) is 19.0 Å². The van der Waals surface area contributed by atoms with Crippen LogP contribution in [0.5, 0.6) is 5.88 Å². The third-order valence-electron chi connectivity index (χ3n) is 4.76. The Morgan fingerprint density at radius 1 is 1.27 bits per heavy atom. The number of amides is 2. The lowest BCUT2D eigenvalue weighted by Gasteiger charge is -2.29. The van der Waals surface area contributed by atoms with Gasteiger partial charge in [-0.05, 0) is 31.5 Å². The Morgan fingerprint density at radius 3 is 2.73 bits per heavy atom. The Labute approximate surface area is 155 Å². The minimum Gasteiger partial charge on any atom is -0.481 e. The summed E-state index contributed by atoms with van der Waals surface area (Å²) >= 11 is 1.65. The van der Waals surface area contributed by atoms with E-state index in [-0.39, 0.29) is 17.2 Å². The second kappa shape index (κ2) is 6.02. The Morgan fingerprint density at radius 2 is 2.04 bits per heavy atom. The van der Waals surface area contributed by atoms with Crippen molar-refractivity contribution in [3.05, 3.63) is 53.7 Å². The highest BCUT2D eigenvalue weighted by atomic mass is 32.2. The van der Waals surface area contributed by atoms with Gasteiger partial charge in [0.1, 0.15) is 11.4 Å². The average molecular weight is 369 g/mol. The maximum Gasteiger partial charge on any atom is 0.256 e. The van der Waals surface area contributed by atoms with Gasteiger partial charge in [0.25, 0.3) is 5.91 Å². The Balaban J connectivity index is 1.63. The molecule has 0 unspecified atom stereocenters. The Hall–Kier alpha value is -2.54. The van der Waals surface area contributed by atoms with E-state index in [0.717, 1.165) is 5.56 Å². The van der Waals surface area contributed by atoms with E-state index in [4.69, 9.17) is 4.74 Å². The number of benzene rings is 1. The molecule has 2 amide bonds. The first kappa shape index (κ1) is 16.9. The SMILES string of the molecule is COc1ccc(NC(=O)[C@H]2N3C(=O)c4ccccc4[C@H]3SC2(C)C)cn1. The number of nitrogens with zero attached hydrogens (tertiary/aromatic N) is 2. The van der Waals surface area contributed by atoms with Crippen LogP contribution in [0.25, 0.3) is 0 Å². The first-order chi connectivity index (χ1) is 12.4. The van der Waals surface area contributed by atoms with Gasteiger partial charge in [-0.25, -0.2) is 4.98 Å². The summed E-state index contributed by atoms with van der Waals surface area (Å²) < 4.78 is 4.63. The number of thioether (sulfide) groups is 1. The second-order valence-electron chi connectivity index (χ2n) is 6.85. The van der Waals surface area contributed by atoms with E-state index in [2.05, 4.69) is 10.3 Å². The number of hydrogen-bond acceptors (Lipinski definition) is 5. The predicted octanol–water partition coefficient (Wildman–Crippen LogP) is 3.08. The molecule has 2 aliphatic heterocycles. The summed E-state index contributed by atoms with van der Waals surface area (Å²) in [6.07, 6.45) is 1.55. The highest BCUT2D eigenvalue weighted by Gasteiger charge is 2.57. The number of carbonyl (C=O) groups is 2. The molecule has 0 saturated carbocycles. The molecular formula is C19H19N3O3S. The molecular weight excluding hydrogens is 350 g/mol. The highest BCUT2D eigenvalue weighted by molar-refractivity contribution is 8.01. The van der Waals surface area contributed by atoms with Crippen LogP contribution in [0.1, 0.15) is 35.1 Å². The molecule has 3 heterocycles. The van der Waals surface area contributed by atoms with Gasteiger partial charge in [-0.2, -0.15) is 0 Å². The van der Waals surface area contributed by atoms with Gasteiger partial charge in [0, 0.05) is 16.4 Å². The van der Waals surface area contributed by atoms with Gasteiger partial charge in [0.15, 0.2) is 0 Å². The molecule has 0 bridgehead atoms. The Kier molecular flexibility index (Phi) is 3.91. The lowest BCUT2D eigenvalue weighted by Crippen LogP contribution is -2.50. The quantitative estimate of drug-likeness (QED) is 0.900. The molecule has 134 valence electrons. The minimum absolute atomic E-state index is 0.0864. The molecule has 6 nitrogen and oxygen atoms in total. The molecule has 2 atom stereocenters. The molecule has 1 aromatic heterocycles. The third-order valence-corrected chi connectivity index (χ3v) is 6.29. The molecule has 1 saturated heterocycles. The van der Waals surface area contributed by atoms with Crippen molar-refractivity contribution in [3.63, 3.8) is 0 Å². The fourth-order valence-corrected chi connectivity index (χ4v) is 5.18. The summed E-state index contributed by atoms with van der Waals surface area (Å²) in [6, 6.07) is 10.4. The number of pyridine rings is 1. The number of carbonyl (C=O) groups excluding carboxylic acids is 2. The number of methoxy groups -OCH3 is 1.